The lowest BCUT2D eigenvalue weighted by molar-refractivity contribution is -0.140. The van der Waals surface area contributed by atoms with Gasteiger partial charge in [-0.2, -0.15) is 0 Å². The van der Waals surface area contributed by atoms with Crippen LogP contribution in [-0.2, 0) is 23.9 Å². The molecule has 42 heavy (non-hydrogen) atoms. The summed E-state index contributed by atoms with van der Waals surface area (Å²) in [6, 6.07) is 21.7. The summed E-state index contributed by atoms with van der Waals surface area (Å²) in [4.78, 5) is 34.7. The molecule has 0 amide bonds. The maximum atomic E-state index is 12.3. The monoisotopic (exact) mass is 572 g/mol. The average molecular weight is 573 g/mol. The molecule has 0 saturated heterocycles. The molecule has 0 saturated carbocycles. The molecule has 0 spiro atoms. The van der Waals surface area contributed by atoms with Crippen molar-refractivity contribution in [2.45, 2.75) is 6.42 Å². The Hall–Kier alpha value is -5.15. The molecule has 3 rings (SSSR count). The largest absolute Gasteiger partial charge is 0.493 e. The van der Waals surface area contributed by atoms with E-state index in [4.69, 9.17) is 28.8 Å². The quantitative estimate of drug-likeness (QED) is 0.110. The van der Waals surface area contributed by atoms with Crippen LogP contribution in [0.5, 0.6) is 17.2 Å². The lowest BCUT2D eigenvalue weighted by Gasteiger charge is -2.09. The number of rotatable bonds is 16. The van der Waals surface area contributed by atoms with E-state index >= 15 is 0 Å². The molecule has 0 heterocycles. The number of benzene rings is 3. The van der Waals surface area contributed by atoms with E-state index in [9.17, 15) is 14.4 Å². The summed E-state index contributed by atoms with van der Waals surface area (Å²) in [6.45, 7) is 7.17. The third-order valence-corrected chi connectivity index (χ3v) is 5.59. The predicted octanol–water partition coefficient (Wildman–Crippen LogP) is 4.94. The maximum absolute atomic E-state index is 12.3. The molecule has 0 aliphatic heterocycles. The van der Waals surface area contributed by atoms with Crippen molar-refractivity contribution in [3.05, 3.63) is 109 Å². The highest BCUT2D eigenvalue weighted by Gasteiger charge is 2.07. The van der Waals surface area contributed by atoms with E-state index in [2.05, 4.69) is 13.2 Å². The van der Waals surface area contributed by atoms with Crippen molar-refractivity contribution in [3.8, 4) is 28.4 Å². The number of aliphatic hydroxyl groups is 1. The van der Waals surface area contributed by atoms with Gasteiger partial charge >= 0.3 is 17.9 Å². The molecule has 9 heteroatoms. The Bertz CT molecular complexity index is 1370. The molecular formula is C33H32O9. The lowest BCUT2D eigenvalue weighted by Crippen LogP contribution is -2.12. The summed E-state index contributed by atoms with van der Waals surface area (Å²) < 4.78 is 26.4. The first kappa shape index (κ1) is 31.4. The number of aliphatic hydroxyl groups excluding tert-OH is 1. The number of carbonyl (C=O) groups excluding carboxylic acids is 3. The summed E-state index contributed by atoms with van der Waals surface area (Å²) in [5, 5.41) is 8.85. The number of esters is 3. The van der Waals surface area contributed by atoms with E-state index in [1.54, 1.807) is 42.5 Å². The van der Waals surface area contributed by atoms with Gasteiger partial charge < -0.3 is 28.8 Å². The molecule has 0 atom stereocenters. The molecule has 0 bridgehead atoms. The topological polar surface area (TPSA) is 118 Å². The molecule has 0 aromatic heterocycles. The molecule has 9 nitrogen and oxygen atoms in total. The second-order valence-corrected chi connectivity index (χ2v) is 8.69. The predicted molar refractivity (Wildman–Crippen MR) is 157 cm³/mol. The van der Waals surface area contributed by atoms with E-state index in [0.29, 0.717) is 30.3 Å². The van der Waals surface area contributed by atoms with E-state index < -0.39 is 24.5 Å². The van der Waals surface area contributed by atoms with Gasteiger partial charge in [-0.05, 0) is 59.2 Å². The summed E-state index contributed by atoms with van der Waals surface area (Å²) >= 11 is 0. The fourth-order valence-electron chi connectivity index (χ4n) is 3.39. The highest BCUT2D eigenvalue weighted by atomic mass is 16.6. The van der Waals surface area contributed by atoms with Crippen LogP contribution in [0, 0.1) is 0 Å². The first-order chi connectivity index (χ1) is 20.4. The van der Waals surface area contributed by atoms with Gasteiger partial charge in [-0.3, -0.25) is 0 Å². The van der Waals surface area contributed by atoms with Crippen molar-refractivity contribution in [2.24, 2.45) is 0 Å². The molecule has 0 aliphatic carbocycles. The summed E-state index contributed by atoms with van der Waals surface area (Å²) in [5.74, 6) is 0.0688. The summed E-state index contributed by atoms with van der Waals surface area (Å²) in [5.41, 5.74) is 2.70. The molecule has 0 fully saturated rings. The number of carbonyl (C=O) groups is 3. The molecular weight excluding hydrogens is 540 g/mol. The molecule has 218 valence electrons. The SMILES string of the molecule is C=CC(=O)OCCOc1ccc(/C=C/C(=O)Oc2ccc(-c3ccc(OCCCOC(=O)C(=C)CO)cc3)cc2)cc1. The maximum Gasteiger partial charge on any atom is 0.336 e. The van der Waals surface area contributed by atoms with Crippen molar-refractivity contribution >= 4 is 24.0 Å². The molecule has 3 aromatic carbocycles. The Morgan fingerprint density at radius 2 is 1.26 bits per heavy atom. The van der Waals surface area contributed by atoms with Gasteiger partial charge in [-0.1, -0.05) is 49.6 Å². The minimum atomic E-state index is -0.614. The molecule has 0 aliphatic rings. The minimum Gasteiger partial charge on any atom is -0.493 e. The van der Waals surface area contributed by atoms with Crippen LogP contribution < -0.4 is 14.2 Å². The van der Waals surface area contributed by atoms with Crippen molar-refractivity contribution in [1.82, 2.24) is 0 Å². The van der Waals surface area contributed by atoms with Crippen LogP contribution in [0.4, 0.5) is 0 Å². The van der Waals surface area contributed by atoms with E-state index in [-0.39, 0.29) is 25.4 Å². The van der Waals surface area contributed by atoms with Gasteiger partial charge in [0.1, 0.15) is 30.5 Å². The summed E-state index contributed by atoms with van der Waals surface area (Å²) in [6.07, 6.45) is 4.57. The number of hydrogen-bond acceptors (Lipinski definition) is 9. The van der Waals surface area contributed by atoms with Gasteiger partial charge in [-0.25, -0.2) is 14.4 Å². The van der Waals surface area contributed by atoms with Crippen molar-refractivity contribution in [3.63, 3.8) is 0 Å². The van der Waals surface area contributed by atoms with Crippen LogP contribution >= 0.6 is 0 Å². The molecule has 3 aromatic rings. The lowest BCUT2D eigenvalue weighted by atomic mass is 10.1. The van der Waals surface area contributed by atoms with Crippen LogP contribution in [0.15, 0.2) is 104 Å². The fraction of sp³-hybridized carbons (Fsp3) is 0.182. The molecule has 1 N–H and O–H groups in total. The number of ether oxygens (including phenoxy) is 5. The average Bonchev–Trinajstić information content (AvgIpc) is 3.02. The zero-order chi connectivity index (χ0) is 30.2. The van der Waals surface area contributed by atoms with Crippen molar-refractivity contribution < 1.29 is 43.2 Å². The van der Waals surface area contributed by atoms with Gasteiger partial charge in [-0.15, -0.1) is 0 Å². The van der Waals surface area contributed by atoms with E-state index in [1.807, 2.05) is 36.4 Å². The smallest absolute Gasteiger partial charge is 0.336 e. The Labute approximate surface area is 244 Å². The second kappa shape index (κ2) is 16.8. The van der Waals surface area contributed by atoms with Crippen LogP contribution in [0.25, 0.3) is 17.2 Å². The Morgan fingerprint density at radius 1 is 0.690 bits per heavy atom. The fourth-order valence-corrected chi connectivity index (χ4v) is 3.39. The number of hydrogen-bond donors (Lipinski definition) is 1. The second-order valence-electron chi connectivity index (χ2n) is 8.69. The van der Waals surface area contributed by atoms with Crippen LogP contribution in [0.2, 0.25) is 0 Å². The first-order valence-electron chi connectivity index (χ1n) is 13.1. The van der Waals surface area contributed by atoms with Crippen molar-refractivity contribution in [1.29, 1.82) is 0 Å². The van der Waals surface area contributed by atoms with Gasteiger partial charge in [0.25, 0.3) is 0 Å². The highest BCUT2D eigenvalue weighted by molar-refractivity contribution is 5.89. The van der Waals surface area contributed by atoms with Crippen LogP contribution in [0.3, 0.4) is 0 Å². The van der Waals surface area contributed by atoms with Crippen LogP contribution in [-0.4, -0.2) is 56.0 Å². The highest BCUT2D eigenvalue weighted by Crippen LogP contribution is 2.25. The van der Waals surface area contributed by atoms with Crippen molar-refractivity contribution in [2.75, 3.05) is 33.0 Å². The molecule has 0 radical (unpaired) electrons. The third-order valence-electron chi connectivity index (χ3n) is 5.59. The van der Waals surface area contributed by atoms with Gasteiger partial charge in [0.15, 0.2) is 0 Å². The van der Waals surface area contributed by atoms with Crippen LogP contribution in [0.1, 0.15) is 12.0 Å². The summed E-state index contributed by atoms with van der Waals surface area (Å²) in [7, 11) is 0. The van der Waals surface area contributed by atoms with E-state index in [1.165, 1.54) is 6.08 Å². The zero-order valence-electron chi connectivity index (χ0n) is 23.0. The normalized spacial score (nSPS) is 10.5. The van der Waals surface area contributed by atoms with E-state index in [0.717, 1.165) is 22.8 Å². The Kier molecular flexibility index (Phi) is 12.6. The zero-order valence-corrected chi connectivity index (χ0v) is 23.0. The standard InChI is InChI=1S/C33H32O9/c1-3-31(35)40-22-21-39-28-12-5-25(6-13-28)7-18-32(36)42-30-16-10-27(11-17-30)26-8-14-29(15-9-26)38-19-4-20-41-33(37)24(2)23-34/h3,5-18,34H,1-2,4,19-23H2/b18-7+. The Balaban J connectivity index is 1.40. The Morgan fingerprint density at radius 3 is 1.86 bits per heavy atom. The molecule has 0 unspecified atom stereocenters. The first-order valence-corrected chi connectivity index (χ1v) is 13.1. The third kappa shape index (κ3) is 10.8. The van der Waals surface area contributed by atoms with Gasteiger partial charge in [0, 0.05) is 18.6 Å². The minimum absolute atomic E-state index is 0.0174. The van der Waals surface area contributed by atoms with Gasteiger partial charge in [0.2, 0.25) is 0 Å². The van der Waals surface area contributed by atoms with Gasteiger partial charge in [0.05, 0.1) is 25.4 Å².